The van der Waals surface area contributed by atoms with Crippen molar-refractivity contribution in [3.8, 4) is 10.6 Å². The second-order valence-electron chi connectivity index (χ2n) is 4.91. The van der Waals surface area contributed by atoms with Gasteiger partial charge in [0.15, 0.2) is 5.13 Å². The van der Waals surface area contributed by atoms with E-state index in [0.29, 0.717) is 10.7 Å². The largest absolute Gasteiger partial charge is 0.378 e. The highest BCUT2D eigenvalue weighted by atomic mass is 32.1. The topological polar surface area (TPSA) is 45.2 Å². The van der Waals surface area contributed by atoms with Gasteiger partial charge in [0.1, 0.15) is 0 Å². The Balaban J connectivity index is 1.71. The third-order valence-electron chi connectivity index (χ3n) is 3.14. The van der Waals surface area contributed by atoms with Gasteiger partial charge in [-0.15, -0.1) is 22.7 Å². The number of carbonyl (C=O) groups is 1. The number of hydrogen-bond acceptors (Lipinski definition) is 5. The van der Waals surface area contributed by atoms with E-state index in [9.17, 15) is 4.79 Å². The number of anilines is 2. The van der Waals surface area contributed by atoms with Crippen molar-refractivity contribution in [3.05, 3.63) is 52.7 Å². The van der Waals surface area contributed by atoms with Crippen LogP contribution >= 0.6 is 22.7 Å². The maximum absolute atomic E-state index is 12.2. The Kier molecular flexibility index (Phi) is 4.22. The molecule has 0 aliphatic heterocycles. The quantitative estimate of drug-likeness (QED) is 0.780. The van der Waals surface area contributed by atoms with E-state index in [4.69, 9.17) is 0 Å². The van der Waals surface area contributed by atoms with Crippen molar-refractivity contribution in [1.82, 2.24) is 4.98 Å². The second kappa shape index (κ2) is 6.29. The van der Waals surface area contributed by atoms with Gasteiger partial charge in [-0.3, -0.25) is 10.1 Å². The molecule has 2 aromatic heterocycles. The molecular formula is C16H15N3OS2. The fourth-order valence-corrected chi connectivity index (χ4v) is 3.42. The number of nitrogens with zero attached hydrogens (tertiary/aromatic N) is 2. The Morgan fingerprint density at radius 2 is 1.91 bits per heavy atom. The summed E-state index contributed by atoms with van der Waals surface area (Å²) in [7, 11) is 3.94. The van der Waals surface area contributed by atoms with Gasteiger partial charge < -0.3 is 4.90 Å². The number of nitrogens with one attached hydrogen (secondary N) is 1. The Morgan fingerprint density at radius 3 is 2.55 bits per heavy atom. The first kappa shape index (κ1) is 14.7. The minimum atomic E-state index is -0.141. The normalized spacial score (nSPS) is 10.5. The first-order valence-corrected chi connectivity index (χ1v) is 8.47. The summed E-state index contributed by atoms with van der Waals surface area (Å²) < 4.78 is 0. The average Bonchev–Trinajstić information content (AvgIpc) is 3.18. The highest BCUT2D eigenvalue weighted by Gasteiger charge is 2.10. The molecule has 4 nitrogen and oxygen atoms in total. The van der Waals surface area contributed by atoms with Crippen molar-refractivity contribution >= 4 is 39.4 Å². The Hall–Kier alpha value is -2.18. The summed E-state index contributed by atoms with van der Waals surface area (Å²) >= 11 is 3.07. The summed E-state index contributed by atoms with van der Waals surface area (Å²) in [5.41, 5.74) is 2.59. The van der Waals surface area contributed by atoms with Crippen LogP contribution < -0.4 is 10.2 Å². The molecule has 0 aliphatic carbocycles. The van der Waals surface area contributed by atoms with Gasteiger partial charge >= 0.3 is 0 Å². The molecule has 1 N–H and O–H groups in total. The lowest BCUT2D eigenvalue weighted by atomic mass is 10.2. The van der Waals surface area contributed by atoms with E-state index < -0.39 is 0 Å². The van der Waals surface area contributed by atoms with Gasteiger partial charge in [-0.05, 0) is 35.7 Å². The molecule has 0 atom stereocenters. The van der Waals surface area contributed by atoms with Crippen LogP contribution in [0.4, 0.5) is 10.8 Å². The van der Waals surface area contributed by atoms with Crippen LogP contribution in [0, 0.1) is 0 Å². The molecule has 0 saturated carbocycles. The third kappa shape index (κ3) is 3.18. The van der Waals surface area contributed by atoms with Gasteiger partial charge in [0, 0.05) is 30.7 Å². The summed E-state index contributed by atoms with van der Waals surface area (Å²) in [6.45, 7) is 0. The molecule has 6 heteroatoms. The van der Waals surface area contributed by atoms with Crippen LogP contribution in [0.1, 0.15) is 10.4 Å². The summed E-state index contributed by atoms with van der Waals surface area (Å²) in [6, 6.07) is 11.5. The van der Waals surface area contributed by atoms with E-state index in [1.54, 1.807) is 11.3 Å². The van der Waals surface area contributed by atoms with Crippen LogP contribution in [0.2, 0.25) is 0 Å². The van der Waals surface area contributed by atoms with E-state index in [-0.39, 0.29) is 5.91 Å². The Morgan fingerprint density at radius 1 is 1.14 bits per heavy atom. The van der Waals surface area contributed by atoms with Crippen molar-refractivity contribution in [2.45, 2.75) is 0 Å². The van der Waals surface area contributed by atoms with Crippen LogP contribution in [0.25, 0.3) is 10.6 Å². The molecule has 1 aromatic carbocycles. The van der Waals surface area contributed by atoms with Crippen LogP contribution in [-0.4, -0.2) is 25.0 Å². The first-order chi connectivity index (χ1) is 10.6. The Bertz CT molecular complexity index is 761. The van der Waals surface area contributed by atoms with Crippen molar-refractivity contribution in [1.29, 1.82) is 0 Å². The second-order valence-corrected chi connectivity index (χ2v) is 6.72. The van der Waals surface area contributed by atoms with Gasteiger partial charge in [0.25, 0.3) is 5.91 Å². The highest BCUT2D eigenvalue weighted by molar-refractivity contribution is 7.16. The molecule has 0 spiro atoms. The number of aromatic nitrogens is 1. The van der Waals surface area contributed by atoms with E-state index in [1.165, 1.54) is 11.3 Å². The zero-order chi connectivity index (χ0) is 15.5. The lowest BCUT2D eigenvalue weighted by Gasteiger charge is -2.12. The zero-order valence-electron chi connectivity index (χ0n) is 12.2. The van der Waals surface area contributed by atoms with Gasteiger partial charge in [-0.2, -0.15) is 0 Å². The summed E-state index contributed by atoms with van der Waals surface area (Å²) in [4.78, 5) is 19.8. The van der Waals surface area contributed by atoms with Gasteiger partial charge in [0.05, 0.1) is 10.6 Å². The average molecular weight is 329 g/mol. The highest BCUT2D eigenvalue weighted by Crippen LogP contribution is 2.28. The van der Waals surface area contributed by atoms with Crippen LogP contribution in [0.5, 0.6) is 0 Å². The number of carbonyl (C=O) groups excluding carboxylic acids is 1. The Labute approximate surface area is 137 Å². The lowest BCUT2D eigenvalue weighted by Crippen LogP contribution is -2.13. The molecule has 0 radical (unpaired) electrons. The molecular weight excluding hydrogens is 314 g/mol. The maximum atomic E-state index is 12.2. The molecule has 0 aliphatic rings. The fraction of sp³-hybridized carbons (Fsp3) is 0.125. The summed E-state index contributed by atoms with van der Waals surface area (Å²) in [6.07, 6.45) is 0. The number of amides is 1. The zero-order valence-corrected chi connectivity index (χ0v) is 13.9. The fourth-order valence-electron chi connectivity index (χ4n) is 1.95. The van der Waals surface area contributed by atoms with Crippen LogP contribution in [0.15, 0.2) is 47.2 Å². The maximum Gasteiger partial charge on any atom is 0.257 e. The van der Waals surface area contributed by atoms with Crippen LogP contribution in [0.3, 0.4) is 0 Å². The number of hydrogen-bond donors (Lipinski definition) is 1. The molecule has 1 amide bonds. The number of thiophene rings is 1. The minimum Gasteiger partial charge on any atom is -0.378 e. The molecule has 112 valence electrons. The molecule has 0 saturated heterocycles. The summed E-state index contributed by atoms with van der Waals surface area (Å²) in [5.74, 6) is -0.141. The smallest absolute Gasteiger partial charge is 0.257 e. The predicted octanol–water partition coefficient (Wildman–Crippen LogP) is 4.19. The van der Waals surface area contributed by atoms with E-state index in [0.717, 1.165) is 16.3 Å². The third-order valence-corrected chi connectivity index (χ3v) is 4.79. The minimum absolute atomic E-state index is 0.141. The van der Waals surface area contributed by atoms with Crippen molar-refractivity contribution in [2.75, 3.05) is 24.3 Å². The monoisotopic (exact) mass is 329 g/mol. The predicted molar refractivity (Wildman–Crippen MR) is 94.1 cm³/mol. The van der Waals surface area contributed by atoms with Crippen molar-refractivity contribution < 1.29 is 4.79 Å². The van der Waals surface area contributed by atoms with E-state index >= 15 is 0 Å². The van der Waals surface area contributed by atoms with Gasteiger partial charge in [-0.25, -0.2) is 4.98 Å². The molecule has 22 heavy (non-hydrogen) atoms. The molecule has 0 bridgehead atoms. The van der Waals surface area contributed by atoms with Crippen LogP contribution in [-0.2, 0) is 0 Å². The van der Waals surface area contributed by atoms with Crippen molar-refractivity contribution in [2.24, 2.45) is 0 Å². The van der Waals surface area contributed by atoms with Crippen molar-refractivity contribution in [3.63, 3.8) is 0 Å². The van der Waals surface area contributed by atoms with E-state index in [1.807, 2.05) is 66.2 Å². The molecule has 0 fully saturated rings. The van der Waals surface area contributed by atoms with Gasteiger partial charge in [-0.1, -0.05) is 6.07 Å². The standard InChI is InChI=1S/C16H15N3OS2/c1-19(2)12-7-5-11(6-8-12)15(20)18-16-17-13(10-22-16)14-4-3-9-21-14/h3-10H,1-2H3,(H,17,18,20). The molecule has 3 rings (SSSR count). The SMILES string of the molecule is CN(C)c1ccc(C(=O)Nc2nc(-c3cccs3)cs2)cc1. The van der Waals surface area contributed by atoms with Gasteiger partial charge in [0.2, 0.25) is 0 Å². The molecule has 0 unspecified atom stereocenters. The van der Waals surface area contributed by atoms with E-state index in [2.05, 4.69) is 10.3 Å². The summed E-state index contributed by atoms with van der Waals surface area (Å²) in [5, 5.41) is 7.43. The number of thiazole rings is 1. The molecule has 3 aromatic rings. The number of rotatable bonds is 4. The number of benzene rings is 1. The first-order valence-electron chi connectivity index (χ1n) is 6.71. The molecule has 2 heterocycles. The lowest BCUT2D eigenvalue weighted by molar-refractivity contribution is 0.102.